The fourth-order valence-corrected chi connectivity index (χ4v) is 2.24. The Morgan fingerprint density at radius 2 is 1.95 bits per heavy atom. The van der Waals surface area contributed by atoms with E-state index in [1.807, 2.05) is 26.0 Å². The van der Waals surface area contributed by atoms with Crippen molar-refractivity contribution in [1.82, 2.24) is 5.32 Å². The molecule has 20 heavy (non-hydrogen) atoms. The average molecular weight is 271 g/mol. The van der Waals surface area contributed by atoms with Crippen LogP contribution in [0.5, 0.6) is 0 Å². The summed E-state index contributed by atoms with van der Waals surface area (Å²) in [5.41, 5.74) is 1.25. The highest BCUT2D eigenvalue weighted by Crippen LogP contribution is 2.18. The fraction of sp³-hybridized carbons (Fsp3) is 0.353. The molecule has 0 amide bonds. The smallest absolute Gasteiger partial charge is 0.309 e. The Morgan fingerprint density at radius 3 is 2.75 bits per heavy atom. The van der Waals surface area contributed by atoms with Crippen LogP contribution in [0.1, 0.15) is 19.4 Å². The van der Waals surface area contributed by atoms with Crippen molar-refractivity contribution >= 4 is 16.7 Å². The number of rotatable bonds is 6. The molecule has 2 rings (SSSR count). The molecule has 0 bridgehead atoms. The second-order valence-corrected chi connectivity index (χ2v) is 4.92. The molecule has 0 saturated carbocycles. The molecule has 3 nitrogen and oxygen atoms in total. The molecule has 0 spiro atoms. The minimum Gasteiger partial charge on any atom is -0.466 e. The molecule has 0 fully saturated rings. The van der Waals surface area contributed by atoms with E-state index in [0.29, 0.717) is 13.2 Å². The second-order valence-electron chi connectivity index (χ2n) is 4.92. The first-order valence-corrected chi connectivity index (χ1v) is 7.06. The van der Waals surface area contributed by atoms with Gasteiger partial charge >= 0.3 is 5.97 Å². The molecule has 1 atom stereocenters. The van der Waals surface area contributed by atoms with Crippen molar-refractivity contribution in [2.45, 2.75) is 20.4 Å². The SMILES string of the molecule is CCOC(=O)C(C)CNCc1cccc2ccccc12. The molecular formula is C17H21NO2. The average Bonchev–Trinajstić information content (AvgIpc) is 2.47. The number of carbonyl (C=O) groups excluding carboxylic acids is 1. The Morgan fingerprint density at radius 1 is 1.20 bits per heavy atom. The molecule has 1 N–H and O–H groups in total. The van der Waals surface area contributed by atoms with Gasteiger partial charge in [0.2, 0.25) is 0 Å². The van der Waals surface area contributed by atoms with Crippen LogP contribution in [-0.2, 0) is 16.1 Å². The number of nitrogens with one attached hydrogen (secondary N) is 1. The van der Waals surface area contributed by atoms with Crippen molar-refractivity contribution < 1.29 is 9.53 Å². The summed E-state index contributed by atoms with van der Waals surface area (Å²) in [5.74, 6) is -0.261. The lowest BCUT2D eigenvalue weighted by atomic mass is 10.0. The summed E-state index contributed by atoms with van der Waals surface area (Å²) < 4.78 is 5.00. The van der Waals surface area contributed by atoms with Crippen molar-refractivity contribution in [2.24, 2.45) is 5.92 Å². The third-order valence-electron chi connectivity index (χ3n) is 3.33. The third-order valence-corrected chi connectivity index (χ3v) is 3.33. The van der Waals surface area contributed by atoms with Gasteiger partial charge in [-0.15, -0.1) is 0 Å². The maximum atomic E-state index is 11.5. The first-order valence-electron chi connectivity index (χ1n) is 7.06. The number of hydrogen-bond donors (Lipinski definition) is 1. The van der Waals surface area contributed by atoms with Crippen LogP contribution in [0.15, 0.2) is 42.5 Å². The summed E-state index contributed by atoms with van der Waals surface area (Å²) in [4.78, 5) is 11.5. The summed E-state index contributed by atoms with van der Waals surface area (Å²) >= 11 is 0. The van der Waals surface area contributed by atoms with Gasteiger partial charge in [0.05, 0.1) is 12.5 Å². The summed E-state index contributed by atoms with van der Waals surface area (Å²) in [5, 5.41) is 5.83. The van der Waals surface area contributed by atoms with Gasteiger partial charge in [0, 0.05) is 13.1 Å². The first kappa shape index (κ1) is 14.5. The summed E-state index contributed by atoms with van der Waals surface area (Å²) in [7, 11) is 0. The van der Waals surface area contributed by atoms with Crippen molar-refractivity contribution in [3.8, 4) is 0 Å². The van der Waals surface area contributed by atoms with Crippen LogP contribution in [-0.4, -0.2) is 19.1 Å². The van der Waals surface area contributed by atoms with Crippen LogP contribution >= 0.6 is 0 Å². The number of benzene rings is 2. The zero-order chi connectivity index (χ0) is 14.4. The first-order chi connectivity index (χ1) is 9.72. The van der Waals surface area contributed by atoms with Gasteiger partial charge in [-0.3, -0.25) is 4.79 Å². The van der Waals surface area contributed by atoms with E-state index in [0.717, 1.165) is 6.54 Å². The Balaban J connectivity index is 1.95. The van der Waals surface area contributed by atoms with Crippen molar-refractivity contribution in [3.63, 3.8) is 0 Å². The highest BCUT2D eigenvalue weighted by atomic mass is 16.5. The summed E-state index contributed by atoms with van der Waals surface area (Å²) in [6.45, 7) is 5.53. The highest BCUT2D eigenvalue weighted by Gasteiger charge is 2.13. The Bertz CT molecular complexity index is 575. The molecule has 0 aliphatic rings. The summed E-state index contributed by atoms with van der Waals surface area (Å²) in [6.07, 6.45) is 0. The van der Waals surface area contributed by atoms with E-state index in [4.69, 9.17) is 4.74 Å². The zero-order valence-electron chi connectivity index (χ0n) is 12.1. The van der Waals surface area contributed by atoms with Crippen LogP contribution in [0.2, 0.25) is 0 Å². The maximum Gasteiger partial charge on any atom is 0.309 e. The van der Waals surface area contributed by atoms with Gasteiger partial charge in [0.25, 0.3) is 0 Å². The standard InChI is InChI=1S/C17H21NO2/c1-3-20-17(19)13(2)11-18-12-15-9-6-8-14-7-4-5-10-16(14)15/h4-10,13,18H,3,11-12H2,1-2H3. The fourth-order valence-electron chi connectivity index (χ4n) is 2.24. The van der Waals surface area contributed by atoms with Gasteiger partial charge in [0.1, 0.15) is 0 Å². The van der Waals surface area contributed by atoms with E-state index in [1.165, 1.54) is 16.3 Å². The van der Waals surface area contributed by atoms with E-state index in [9.17, 15) is 4.79 Å². The van der Waals surface area contributed by atoms with Gasteiger partial charge in [-0.05, 0) is 23.3 Å². The maximum absolute atomic E-state index is 11.5. The van der Waals surface area contributed by atoms with E-state index in [1.54, 1.807) is 0 Å². The molecule has 0 aliphatic heterocycles. The molecule has 0 radical (unpaired) electrons. The van der Waals surface area contributed by atoms with Gasteiger partial charge < -0.3 is 10.1 Å². The van der Waals surface area contributed by atoms with Crippen LogP contribution in [0.4, 0.5) is 0 Å². The minimum atomic E-state index is -0.141. The van der Waals surface area contributed by atoms with Gasteiger partial charge in [-0.2, -0.15) is 0 Å². The normalized spacial score (nSPS) is 12.3. The predicted octanol–water partition coefficient (Wildman–Crippen LogP) is 3.13. The van der Waals surface area contributed by atoms with E-state index in [2.05, 4.69) is 35.6 Å². The number of carbonyl (C=O) groups is 1. The molecule has 0 saturated heterocycles. The largest absolute Gasteiger partial charge is 0.466 e. The molecule has 0 aromatic heterocycles. The third kappa shape index (κ3) is 3.58. The Labute approximate surface area is 119 Å². The quantitative estimate of drug-likeness (QED) is 0.820. The minimum absolute atomic E-state index is 0.120. The second kappa shape index (κ2) is 7.06. The molecule has 106 valence electrons. The molecule has 3 heteroatoms. The zero-order valence-corrected chi connectivity index (χ0v) is 12.1. The lowest BCUT2D eigenvalue weighted by molar-refractivity contribution is -0.147. The van der Waals surface area contributed by atoms with Crippen LogP contribution in [0.25, 0.3) is 10.8 Å². The van der Waals surface area contributed by atoms with E-state index >= 15 is 0 Å². The predicted molar refractivity (Wildman–Crippen MR) is 81.5 cm³/mol. The molecule has 0 heterocycles. The van der Waals surface area contributed by atoms with E-state index in [-0.39, 0.29) is 11.9 Å². The monoisotopic (exact) mass is 271 g/mol. The number of esters is 1. The van der Waals surface area contributed by atoms with Crippen LogP contribution < -0.4 is 5.32 Å². The topological polar surface area (TPSA) is 38.3 Å². The van der Waals surface area contributed by atoms with E-state index < -0.39 is 0 Å². The number of hydrogen-bond acceptors (Lipinski definition) is 3. The Hall–Kier alpha value is -1.87. The number of ether oxygens (including phenoxy) is 1. The number of fused-ring (bicyclic) bond motifs is 1. The van der Waals surface area contributed by atoms with Gasteiger partial charge in [-0.25, -0.2) is 0 Å². The molecule has 1 unspecified atom stereocenters. The van der Waals surface area contributed by atoms with Gasteiger partial charge in [0.15, 0.2) is 0 Å². The molecule has 2 aromatic carbocycles. The van der Waals surface area contributed by atoms with Crippen LogP contribution in [0.3, 0.4) is 0 Å². The van der Waals surface area contributed by atoms with Crippen molar-refractivity contribution in [2.75, 3.05) is 13.2 Å². The van der Waals surface area contributed by atoms with Crippen LogP contribution in [0, 0.1) is 5.92 Å². The summed E-state index contributed by atoms with van der Waals surface area (Å²) in [6, 6.07) is 14.6. The van der Waals surface area contributed by atoms with Crippen molar-refractivity contribution in [3.05, 3.63) is 48.0 Å². The highest BCUT2D eigenvalue weighted by molar-refractivity contribution is 5.85. The Kier molecular flexibility index (Phi) is 5.13. The van der Waals surface area contributed by atoms with Gasteiger partial charge in [-0.1, -0.05) is 49.4 Å². The molecule has 2 aromatic rings. The molecular weight excluding hydrogens is 250 g/mol. The van der Waals surface area contributed by atoms with Crippen molar-refractivity contribution in [1.29, 1.82) is 0 Å². The lowest BCUT2D eigenvalue weighted by Gasteiger charge is -2.12. The molecule has 0 aliphatic carbocycles. The lowest BCUT2D eigenvalue weighted by Crippen LogP contribution is -2.27.